The summed E-state index contributed by atoms with van der Waals surface area (Å²) >= 11 is 3.49. The van der Waals surface area contributed by atoms with Crippen LogP contribution in [0.3, 0.4) is 0 Å². The van der Waals surface area contributed by atoms with Gasteiger partial charge in [0.15, 0.2) is 0 Å². The van der Waals surface area contributed by atoms with Crippen molar-refractivity contribution in [3.8, 4) is 0 Å². The van der Waals surface area contributed by atoms with Crippen molar-refractivity contribution in [2.75, 3.05) is 31.2 Å². The van der Waals surface area contributed by atoms with Gasteiger partial charge in [-0.25, -0.2) is 4.98 Å². The molecule has 0 saturated carbocycles. The lowest BCUT2D eigenvalue weighted by molar-refractivity contribution is 0.121. The highest BCUT2D eigenvalue weighted by Crippen LogP contribution is 2.20. The summed E-state index contributed by atoms with van der Waals surface area (Å²) < 4.78 is 8.51. The number of hydrogen-bond donors (Lipinski definition) is 0. The molecule has 1 aromatic rings. The molecule has 0 radical (unpaired) electrons. The third-order valence-corrected chi connectivity index (χ3v) is 3.03. The monoisotopic (exact) mass is 259 g/mol. The van der Waals surface area contributed by atoms with Crippen LogP contribution in [0.4, 0.5) is 5.95 Å². The van der Waals surface area contributed by atoms with Gasteiger partial charge in [-0.05, 0) is 22.9 Å². The number of morpholine rings is 1. The van der Waals surface area contributed by atoms with Gasteiger partial charge in [-0.3, -0.25) is 0 Å². The Balaban J connectivity index is 2.21. The maximum atomic E-state index is 5.31. The standard InChI is InChI=1S/C9H14BrN3O/c1-2-13-8(10)7-11-9(13)12-3-5-14-6-4-12/h7H,2-6H2,1H3. The van der Waals surface area contributed by atoms with Crippen molar-refractivity contribution in [3.63, 3.8) is 0 Å². The first-order valence-electron chi connectivity index (χ1n) is 4.86. The van der Waals surface area contributed by atoms with Crippen LogP contribution in [0.1, 0.15) is 6.92 Å². The molecule has 1 saturated heterocycles. The predicted molar refractivity (Wildman–Crippen MR) is 58.6 cm³/mol. The number of halogens is 1. The van der Waals surface area contributed by atoms with Crippen LogP contribution in [0.2, 0.25) is 0 Å². The Morgan fingerprint density at radius 3 is 2.86 bits per heavy atom. The van der Waals surface area contributed by atoms with E-state index in [9.17, 15) is 0 Å². The van der Waals surface area contributed by atoms with Gasteiger partial charge in [0.05, 0.1) is 19.4 Å². The number of imidazole rings is 1. The highest BCUT2D eigenvalue weighted by atomic mass is 79.9. The first kappa shape index (κ1) is 9.98. The molecule has 0 N–H and O–H groups in total. The van der Waals surface area contributed by atoms with E-state index in [0.29, 0.717) is 0 Å². The van der Waals surface area contributed by atoms with Crippen molar-refractivity contribution in [2.24, 2.45) is 0 Å². The fourth-order valence-corrected chi connectivity index (χ4v) is 2.17. The maximum absolute atomic E-state index is 5.31. The molecule has 5 heteroatoms. The van der Waals surface area contributed by atoms with Crippen LogP contribution in [0.5, 0.6) is 0 Å². The van der Waals surface area contributed by atoms with Crippen LogP contribution < -0.4 is 4.90 Å². The van der Waals surface area contributed by atoms with E-state index < -0.39 is 0 Å². The molecule has 1 fully saturated rings. The van der Waals surface area contributed by atoms with E-state index in [4.69, 9.17) is 4.74 Å². The van der Waals surface area contributed by atoms with Crippen molar-refractivity contribution < 1.29 is 4.74 Å². The van der Waals surface area contributed by atoms with Crippen molar-refractivity contribution in [2.45, 2.75) is 13.5 Å². The van der Waals surface area contributed by atoms with Gasteiger partial charge >= 0.3 is 0 Å². The van der Waals surface area contributed by atoms with Gasteiger partial charge in [0.2, 0.25) is 5.95 Å². The molecular weight excluding hydrogens is 246 g/mol. The van der Waals surface area contributed by atoms with E-state index in [1.165, 1.54) is 0 Å². The van der Waals surface area contributed by atoms with Crippen LogP contribution in [-0.4, -0.2) is 35.9 Å². The summed E-state index contributed by atoms with van der Waals surface area (Å²) in [4.78, 5) is 6.66. The van der Waals surface area contributed by atoms with Gasteiger partial charge in [0, 0.05) is 19.6 Å². The van der Waals surface area contributed by atoms with E-state index in [1.54, 1.807) is 0 Å². The number of hydrogen-bond acceptors (Lipinski definition) is 3. The lowest BCUT2D eigenvalue weighted by Crippen LogP contribution is -2.37. The van der Waals surface area contributed by atoms with Gasteiger partial charge in [-0.2, -0.15) is 0 Å². The van der Waals surface area contributed by atoms with Crippen LogP contribution in [0, 0.1) is 0 Å². The molecule has 1 aromatic heterocycles. The predicted octanol–water partition coefficient (Wildman–Crippen LogP) is 1.50. The zero-order valence-electron chi connectivity index (χ0n) is 8.24. The SMILES string of the molecule is CCn1c(Br)cnc1N1CCOCC1. The first-order chi connectivity index (χ1) is 6.83. The van der Waals surface area contributed by atoms with Crippen LogP contribution in [0.15, 0.2) is 10.8 Å². The minimum Gasteiger partial charge on any atom is -0.378 e. The Bertz CT molecular complexity index is 307. The highest BCUT2D eigenvalue weighted by Gasteiger charge is 2.16. The second-order valence-electron chi connectivity index (χ2n) is 3.22. The van der Waals surface area contributed by atoms with Gasteiger partial charge in [0.1, 0.15) is 4.60 Å². The number of rotatable bonds is 2. The fourth-order valence-electron chi connectivity index (χ4n) is 1.65. The number of ether oxygens (including phenoxy) is 1. The number of anilines is 1. The quantitative estimate of drug-likeness (QED) is 0.807. The van der Waals surface area contributed by atoms with E-state index in [-0.39, 0.29) is 0 Å². The zero-order valence-corrected chi connectivity index (χ0v) is 9.83. The summed E-state index contributed by atoms with van der Waals surface area (Å²) in [6.07, 6.45) is 1.86. The van der Waals surface area contributed by atoms with Crippen molar-refractivity contribution in [1.82, 2.24) is 9.55 Å². The average Bonchev–Trinajstić information content (AvgIpc) is 2.61. The summed E-state index contributed by atoms with van der Waals surface area (Å²) in [6.45, 7) is 6.53. The van der Waals surface area contributed by atoms with Gasteiger partial charge in [-0.1, -0.05) is 0 Å². The van der Waals surface area contributed by atoms with Crippen molar-refractivity contribution >= 4 is 21.9 Å². The van der Waals surface area contributed by atoms with E-state index in [1.807, 2.05) is 6.20 Å². The second kappa shape index (κ2) is 4.31. The van der Waals surface area contributed by atoms with Crippen LogP contribution >= 0.6 is 15.9 Å². The lowest BCUT2D eigenvalue weighted by atomic mass is 10.4. The molecule has 1 aliphatic rings. The Labute approximate surface area is 92.0 Å². The molecule has 78 valence electrons. The van der Waals surface area contributed by atoms with Crippen LogP contribution in [-0.2, 0) is 11.3 Å². The summed E-state index contributed by atoms with van der Waals surface area (Å²) in [6, 6.07) is 0. The minimum absolute atomic E-state index is 0.800. The minimum atomic E-state index is 0.800. The van der Waals surface area contributed by atoms with E-state index in [2.05, 4.69) is 37.3 Å². The second-order valence-corrected chi connectivity index (χ2v) is 4.04. The number of nitrogens with zero attached hydrogens (tertiary/aromatic N) is 3. The molecule has 2 rings (SSSR count). The Hall–Kier alpha value is -0.550. The molecule has 0 bridgehead atoms. The van der Waals surface area contributed by atoms with Gasteiger partial charge in [-0.15, -0.1) is 0 Å². The summed E-state index contributed by atoms with van der Waals surface area (Å²) in [5, 5.41) is 0. The van der Waals surface area contributed by atoms with Crippen molar-refractivity contribution in [1.29, 1.82) is 0 Å². The van der Waals surface area contributed by atoms with Crippen LogP contribution in [0.25, 0.3) is 0 Å². The molecule has 0 amide bonds. The number of aromatic nitrogens is 2. The smallest absolute Gasteiger partial charge is 0.206 e. The Morgan fingerprint density at radius 1 is 1.50 bits per heavy atom. The topological polar surface area (TPSA) is 30.3 Å². The Morgan fingerprint density at radius 2 is 2.21 bits per heavy atom. The first-order valence-corrected chi connectivity index (χ1v) is 5.66. The molecule has 0 aromatic carbocycles. The summed E-state index contributed by atoms with van der Waals surface area (Å²) in [5.74, 6) is 1.04. The molecule has 0 aliphatic carbocycles. The summed E-state index contributed by atoms with van der Waals surface area (Å²) in [5.41, 5.74) is 0. The highest BCUT2D eigenvalue weighted by molar-refractivity contribution is 9.10. The van der Waals surface area contributed by atoms with E-state index >= 15 is 0 Å². The largest absolute Gasteiger partial charge is 0.378 e. The van der Waals surface area contributed by atoms with E-state index in [0.717, 1.165) is 43.4 Å². The molecule has 0 atom stereocenters. The maximum Gasteiger partial charge on any atom is 0.206 e. The molecule has 14 heavy (non-hydrogen) atoms. The fraction of sp³-hybridized carbons (Fsp3) is 0.667. The molecular formula is C9H14BrN3O. The normalized spacial score (nSPS) is 17.4. The van der Waals surface area contributed by atoms with Crippen molar-refractivity contribution in [3.05, 3.63) is 10.8 Å². The molecule has 0 spiro atoms. The third kappa shape index (κ3) is 1.79. The Kier molecular flexibility index (Phi) is 3.08. The molecule has 4 nitrogen and oxygen atoms in total. The molecule has 2 heterocycles. The third-order valence-electron chi connectivity index (χ3n) is 2.40. The molecule has 1 aliphatic heterocycles. The molecule has 0 unspecified atom stereocenters. The average molecular weight is 260 g/mol. The zero-order chi connectivity index (χ0) is 9.97. The summed E-state index contributed by atoms with van der Waals surface area (Å²) in [7, 11) is 0. The van der Waals surface area contributed by atoms with Gasteiger partial charge < -0.3 is 14.2 Å². The lowest BCUT2D eigenvalue weighted by Gasteiger charge is -2.28. The van der Waals surface area contributed by atoms with Gasteiger partial charge in [0.25, 0.3) is 0 Å².